The average Bonchev–Trinajstić information content (AvgIpc) is 3.19. The Morgan fingerprint density at radius 3 is 0.863 bits per heavy atom. The third-order valence-corrected chi connectivity index (χ3v) is 7.99. The van der Waals surface area contributed by atoms with E-state index in [1.54, 1.807) is 54.6 Å². The van der Waals surface area contributed by atoms with Gasteiger partial charge in [0.2, 0.25) is 0 Å². The summed E-state index contributed by atoms with van der Waals surface area (Å²) in [6.45, 7) is 0. The Labute approximate surface area is 294 Å². The predicted octanol–water partition coefficient (Wildman–Crippen LogP) is 8.63. The summed E-state index contributed by atoms with van der Waals surface area (Å²) in [7, 11) is 0. The second-order valence-electron chi connectivity index (χ2n) is 11.6. The van der Waals surface area contributed by atoms with Crippen LogP contribution in [0.3, 0.4) is 0 Å². The van der Waals surface area contributed by atoms with Crippen molar-refractivity contribution in [2.75, 3.05) is 16.0 Å². The zero-order valence-electron chi connectivity index (χ0n) is 27.2. The van der Waals surface area contributed by atoms with Crippen LogP contribution in [0.2, 0.25) is 0 Å². The molecule has 0 aliphatic rings. The van der Waals surface area contributed by atoms with Crippen molar-refractivity contribution < 1.29 is 14.4 Å². The highest BCUT2D eigenvalue weighted by atomic mass is 16.2. The van der Waals surface area contributed by atoms with Crippen molar-refractivity contribution in [3.8, 4) is 33.8 Å². The molecule has 3 N–H and O–H groups in total. The summed E-state index contributed by atoms with van der Waals surface area (Å²) in [4.78, 5) is 53.4. The van der Waals surface area contributed by atoms with Crippen LogP contribution < -0.4 is 16.0 Å². The minimum Gasteiger partial charge on any atom is -0.322 e. The molecular formula is C42H30N6O3. The molecule has 0 atom stereocenters. The maximum atomic E-state index is 13.3. The SMILES string of the molecule is O=C(Nc1cc(NC(=O)c2ccc(-c3ccccc3)nc2)cc(NC(=O)c2ccc(-c3ccccc3)nc2)c1)c1ccc(-c2ccccc2)nc1. The first kappa shape index (κ1) is 32.3. The van der Waals surface area contributed by atoms with Gasteiger partial charge in [0, 0.05) is 52.3 Å². The van der Waals surface area contributed by atoms with E-state index in [2.05, 4.69) is 30.9 Å². The van der Waals surface area contributed by atoms with Crippen LogP contribution in [0.25, 0.3) is 33.8 Å². The molecule has 4 aromatic carbocycles. The van der Waals surface area contributed by atoms with E-state index in [1.807, 2.05) is 91.0 Å². The van der Waals surface area contributed by atoms with Crippen LogP contribution in [-0.2, 0) is 0 Å². The van der Waals surface area contributed by atoms with Crippen molar-refractivity contribution in [1.82, 2.24) is 15.0 Å². The van der Waals surface area contributed by atoms with Crippen molar-refractivity contribution in [3.05, 3.63) is 181 Å². The first-order valence-electron chi connectivity index (χ1n) is 16.1. The lowest BCUT2D eigenvalue weighted by atomic mass is 10.1. The fraction of sp³-hybridized carbons (Fsp3) is 0. The lowest BCUT2D eigenvalue weighted by Gasteiger charge is -2.14. The molecule has 7 rings (SSSR count). The monoisotopic (exact) mass is 666 g/mol. The second kappa shape index (κ2) is 14.9. The zero-order chi connectivity index (χ0) is 35.0. The fourth-order valence-electron chi connectivity index (χ4n) is 5.38. The quantitative estimate of drug-likeness (QED) is 0.142. The van der Waals surface area contributed by atoms with Crippen molar-refractivity contribution in [3.63, 3.8) is 0 Å². The number of amides is 3. The smallest absolute Gasteiger partial charge is 0.257 e. The van der Waals surface area contributed by atoms with Gasteiger partial charge in [0.05, 0.1) is 33.8 Å². The highest BCUT2D eigenvalue weighted by Gasteiger charge is 2.15. The normalized spacial score (nSPS) is 10.6. The molecule has 0 fully saturated rings. The van der Waals surface area contributed by atoms with Crippen molar-refractivity contribution in [1.29, 1.82) is 0 Å². The molecule has 3 aromatic heterocycles. The second-order valence-corrected chi connectivity index (χ2v) is 11.6. The van der Waals surface area contributed by atoms with Crippen LogP contribution in [-0.4, -0.2) is 32.7 Å². The standard InChI is InChI=1S/C42H30N6O3/c49-40(31-16-19-37(43-25-31)28-10-4-1-5-11-28)46-34-22-35(47-41(50)32-17-20-38(44-26-32)29-12-6-2-7-13-29)24-36(23-34)48-42(51)33-18-21-39(45-27-33)30-14-8-3-9-15-30/h1-27H,(H,46,49)(H,47,50)(H,48,51). The van der Waals surface area contributed by atoms with Gasteiger partial charge in [-0.05, 0) is 54.6 Å². The zero-order valence-corrected chi connectivity index (χ0v) is 27.2. The molecule has 0 saturated heterocycles. The number of anilines is 3. The molecule has 9 heteroatoms. The molecule has 0 aliphatic heterocycles. The number of nitrogens with one attached hydrogen (secondary N) is 3. The van der Waals surface area contributed by atoms with E-state index >= 15 is 0 Å². The van der Waals surface area contributed by atoms with Gasteiger partial charge in [-0.1, -0.05) is 91.0 Å². The van der Waals surface area contributed by atoms with Gasteiger partial charge < -0.3 is 16.0 Å². The van der Waals surface area contributed by atoms with Gasteiger partial charge >= 0.3 is 0 Å². The van der Waals surface area contributed by atoms with Gasteiger partial charge in [-0.15, -0.1) is 0 Å². The lowest BCUT2D eigenvalue weighted by Crippen LogP contribution is -2.16. The number of hydrogen-bond acceptors (Lipinski definition) is 6. The van der Waals surface area contributed by atoms with Crippen LogP contribution in [0.1, 0.15) is 31.1 Å². The Bertz CT molecular complexity index is 2020. The third kappa shape index (κ3) is 7.90. The molecular weight excluding hydrogens is 637 g/mol. The highest BCUT2D eigenvalue weighted by molar-refractivity contribution is 6.09. The number of pyridine rings is 3. The van der Waals surface area contributed by atoms with Gasteiger partial charge in [-0.25, -0.2) is 0 Å². The van der Waals surface area contributed by atoms with Gasteiger partial charge in [-0.2, -0.15) is 0 Å². The lowest BCUT2D eigenvalue weighted by molar-refractivity contribution is 0.101. The molecule has 3 amide bonds. The summed E-state index contributed by atoms with van der Waals surface area (Å²) in [5.41, 5.74) is 7.05. The third-order valence-electron chi connectivity index (χ3n) is 7.99. The first-order valence-corrected chi connectivity index (χ1v) is 16.1. The van der Waals surface area contributed by atoms with Crippen molar-refractivity contribution in [2.24, 2.45) is 0 Å². The Morgan fingerprint density at radius 1 is 0.353 bits per heavy atom. The van der Waals surface area contributed by atoms with E-state index in [0.717, 1.165) is 33.8 Å². The Morgan fingerprint density at radius 2 is 0.627 bits per heavy atom. The summed E-state index contributed by atoms with van der Waals surface area (Å²) < 4.78 is 0. The van der Waals surface area contributed by atoms with Crippen LogP contribution in [0.4, 0.5) is 17.1 Å². The van der Waals surface area contributed by atoms with Crippen LogP contribution >= 0.6 is 0 Å². The van der Waals surface area contributed by atoms with E-state index in [0.29, 0.717) is 33.8 Å². The van der Waals surface area contributed by atoms with E-state index < -0.39 is 17.7 Å². The predicted molar refractivity (Wildman–Crippen MR) is 199 cm³/mol. The number of hydrogen-bond donors (Lipinski definition) is 3. The summed E-state index contributed by atoms with van der Waals surface area (Å²) in [6.07, 6.45) is 4.51. The first-order chi connectivity index (χ1) is 25.0. The van der Waals surface area contributed by atoms with Gasteiger partial charge in [0.25, 0.3) is 17.7 Å². The average molecular weight is 667 g/mol. The minimum absolute atomic E-state index is 0.337. The molecule has 7 aromatic rings. The number of benzene rings is 4. The van der Waals surface area contributed by atoms with Crippen LogP contribution in [0, 0.1) is 0 Å². The van der Waals surface area contributed by atoms with Crippen molar-refractivity contribution >= 4 is 34.8 Å². The summed E-state index contributed by atoms with van der Waals surface area (Å²) in [5.74, 6) is -1.24. The maximum absolute atomic E-state index is 13.3. The number of rotatable bonds is 9. The number of carbonyl (C=O) groups is 3. The largest absolute Gasteiger partial charge is 0.322 e. The Hall–Kier alpha value is -7.26. The summed E-state index contributed by atoms with van der Waals surface area (Å²) in [5, 5.41) is 8.61. The molecule has 0 aliphatic carbocycles. The molecule has 246 valence electrons. The molecule has 3 heterocycles. The summed E-state index contributed by atoms with van der Waals surface area (Å²) in [6, 6.07) is 44.2. The van der Waals surface area contributed by atoms with Gasteiger partial charge in [0.15, 0.2) is 0 Å². The van der Waals surface area contributed by atoms with E-state index in [1.165, 1.54) is 18.6 Å². The van der Waals surface area contributed by atoms with E-state index in [9.17, 15) is 14.4 Å². The number of aromatic nitrogens is 3. The van der Waals surface area contributed by atoms with Gasteiger partial charge in [0.1, 0.15) is 0 Å². The van der Waals surface area contributed by atoms with Crippen LogP contribution in [0.5, 0.6) is 0 Å². The van der Waals surface area contributed by atoms with Crippen LogP contribution in [0.15, 0.2) is 164 Å². The molecule has 0 unspecified atom stereocenters. The molecule has 0 radical (unpaired) electrons. The molecule has 0 spiro atoms. The molecule has 0 bridgehead atoms. The fourth-order valence-corrected chi connectivity index (χ4v) is 5.38. The highest BCUT2D eigenvalue weighted by Crippen LogP contribution is 2.26. The topological polar surface area (TPSA) is 126 Å². The number of carbonyl (C=O) groups excluding carboxylic acids is 3. The molecule has 0 saturated carbocycles. The number of nitrogens with zero attached hydrogens (tertiary/aromatic N) is 3. The Balaban J connectivity index is 1.12. The Kier molecular flexibility index (Phi) is 9.42. The van der Waals surface area contributed by atoms with Crippen molar-refractivity contribution in [2.45, 2.75) is 0 Å². The minimum atomic E-state index is -0.413. The van der Waals surface area contributed by atoms with E-state index in [4.69, 9.17) is 0 Å². The van der Waals surface area contributed by atoms with Gasteiger partial charge in [-0.3, -0.25) is 29.3 Å². The maximum Gasteiger partial charge on any atom is 0.257 e. The molecule has 9 nitrogen and oxygen atoms in total. The summed E-state index contributed by atoms with van der Waals surface area (Å²) >= 11 is 0. The molecule has 51 heavy (non-hydrogen) atoms. The van der Waals surface area contributed by atoms with E-state index in [-0.39, 0.29) is 0 Å².